The molecule has 1 fully saturated rings. The van der Waals surface area contributed by atoms with Gasteiger partial charge in [0.05, 0.1) is 18.4 Å². The number of benzene rings is 2. The van der Waals surface area contributed by atoms with Gasteiger partial charge in [-0.25, -0.2) is 4.90 Å². The first kappa shape index (κ1) is 21.1. The summed E-state index contributed by atoms with van der Waals surface area (Å²) >= 11 is 0. The van der Waals surface area contributed by atoms with Crippen molar-refractivity contribution >= 4 is 23.1 Å². The van der Waals surface area contributed by atoms with Gasteiger partial charge in [-0.05, 0) is 57.6 Å². The number of likely N-dealkylation sites (tertiary alicyclic amines) is 1. The molecule has 0 unspecified atom stereocenters. The summed E-state index contributed by atoms with van der Waals surface area (Å²) in [5.74, 6) is 0.0271. The molecule has 2 aliphatic rings. The Bertz CT molecular complexity index is 1020. The number of hydrogen-bond acceptors (Lipinski definition) is 5. The van der Waals surface area contributed by atoms with Crippen LogP contribution in [0.4, 0.5) is 5.69 Å². The molecule has 0 aliphatic carbocycles. The molecular formula is C25H29N3O3. The number of imide groups is 1. The largest absolute Gasteiger partial charge is 0.497 e. The van der Waals surface area contributed by atoms with Gasteiger partial charge in [0.2, 0.25) is 0 Å². The second kappa shape index (κ2) is 8.55. The molecule has 31 heavy (non-hydrogen) atoms. The molecule has 0 radical (unpaired) electrons. The lowest BCUT2D eigenvalue weighted by atomic mass is 9.99. The highest BCUT2D eigenvalue weighted by Crippen LogP contribution is 2.37. The van der Waals surface area contributed by atoms with E-state index in [4.69, 9.17) is 4.74 Å². The third kappa shape index (κ3) is 3.95. The average Bonchev–Trinajstić information content (AvgIpc) is 3.04. The van der Waals surface area contributed by atoms with Gasteiger partial charge >= 0.3 is 0 Å². The molecule has 0 saturated carbocycles. The number of piperidine rings is 1. The number of anilines is 1. The first-order valence-electron chi connectivity index (χ1n) is 10.7. The van der Waals surface area contributed by atoms with Gasteiger partial charge < -0.3 is 14.5 Å². The van der Waals surface area contributed by atoms with Crippen LogP contribution in [0.1, 0.15) is 24.0 Å². The Morgan fingerprint density at radius 2 is 1.68 bits per heavy atom. The van der Waals surface area contributed by atoms with Crippen molar-refractivity contribution in [2.45, 2.75) is 25.8 Å². The van der Waals surface area contributed by atoms with E-state index in [1.807, 2.05) is 43.1 Å². The van der Waals surface area contributed by atoms with E-state index in [1.54, 1.807) is 31.4 Å². The molecule has 2 aromatic carbocycles. The molecule has 1 saturated heterocycles. The Morgan fingerprint density at radius 1 is 1.00 bits per heavy atom. The first-order valence-corrected chi connectivity index (χ1v) is 10.7. The number of methoxy groups -OCH3 is 1. The molecule has 0 bridgehead atoms. The zero-order chi connectivity index (χ0) is 22.1. The summed E-state index contributed by atoms with van der Waals surface area (Å²) in [4.78, 5) is 32.9. The second-order valence-electron chi connectivity index (χ2n) is 8.38. The lowest BCUT2D eigenvalue weighted by Crippen LogP contribution is -2.43. The van der Waals surface area contributed by atoms with Gasteiger partial charge in [-0.15, -0.1) is 0 Å². The smallest absolute Gasteiger partial charge is 0.282 e. The number of carbonyl (C=O) groups excluding carboxylic acids is 2. The fraction of sp³-hybridized carbons (Fsp3) is 0.360. The number of rotatable bonds is 5. The molecule has 2 heterocycles. The van der Waals surface area contributed by atoms with Gasteiger partial charge in [0, 0.05) is 19.2 Å². The maximum absolute atomic E-state index is 13.7. The number of aryl methyl sites for hydroxylation is 1. The van der Waals surface area contributed by atoms with Crippen LogP contribution in [0.2, 0.25) is 0 Å². The Morgan fingerprint density at radius 3 is 2.32 bits per heavy atom. The normalized spacial score (nSPS) is 18.1. The zero-order valence-electron chi connectivity index (χ0n) is 18.6. The Hall–Kier alpha value is -3.12. The fourth-order valence-electron chi connectivity index (χ4n) is 4.37. The maximum Gasteiger partial charge on any atom is 0.282 e. The minimum atomic E-state index is -0.295. The van der Waals surface area contributed by atoms with Crippen molar-refractivity contribution in [3.8, 4) is 5.75 Å². The number of likely N-dealkylation sites (N-methyl/N-ethyl adjacent to an activating group) is 1. The second-order valence-corrected chi connectivity index (χ2v) is 8.38. The summed E-state index contributed by atoms with van der Waals surface area (Å²) in [7, 11) is 5.63. The van der Waals surface area contributed by atoms with E-state index in [1.165, 1.54) is 4.90 Å². The molecule has 0 spiro atoms. The van der Waals surface area contributed by atoms with Crippen LogP contribution >= 0.6 is 0 Å². The molecule has 0 atom stereocenters. The van der Waals surface area contributed by atoms with Crippen LogP contribution in [-0.4, -0.2) is 62.0 Å². The summed E-state index contributed by atoms with van der Waals surface area (Å²) in [5, 5.41) is 0. The fourth-order valence-corrected chi connectivity index (χ4v) is 4.37. The summed E-state index contributed by atoms with van der Waals surface area (Å²) in [6, 6.07) is 15.1. The first-order chi connectivity index (χ1) is 14.9. The molecular weight excluding hydrogens is 390 g/mol. The number of nitrogens with zero attached hydrogens (tertiary/aromatic N) is 3. The van der Waals surface area contributed by atoms with Crippen molar-refractivity contribution < 1.29 is 14.3 Å². The number of ether oxygens (including phenoxy) is 1. The highest BCUT2D eigenvalue weighted by Gasteiger charge is 2.43. The summed E-state index contributed by atoms with van der Waals surface area (Å²) in [5.41, 5.74) is 3.34. The van der Waals surface area contributed by atoms with Crippen LogP contribution in [0.3, 0.4) is 0 Å². The van der Waals surface area contributed by atoms with Crippen LogP contribution < -0.4 is 9.64 Å². The lowest BCUT2D eigenvalue weighted by Gasteiger charge is -2.36. The quantitative estimate of drug-likeness (QED) is 0.696. The Kier molecular flexibility index (Phi) is 5.83. The van der Waals surface area contributed by atoms with Crippen molar-refractivity contribution in [3.63, 3.8) is 0 Å². The maximum atomic E-state index is 13.7. The molecule has 6 nitrogen and oxygen atoms in total. The third-order valence-corrected chi connectivity index (χ3v) is 6.30. The van der Waals surface area contributed by atoms with Crippen molar-refractivity contribution in [2.24, 2.45) is 0 Å². The number of amides is 2. The van der Waals surface area contributed by atoms with Gasteiger partial charge in [-0.1, -0.05) is 35.9 Å². The standard InChI is InChI=1S/C25H29N3O3/c1-17-8-10-18(11-9-17)22-23(27(3)19-12-14-26(2)15-13-19)25(30)28(24(22)29)20-6-5-7-21(16-20)31-4/h5-11,16,19H,12-15H2,1-4H3. The van der Waals surface area contributed by atoms with Gasteiger partial charge in [0.15, 0.2) is 0 Å². The van der Waals surface area contributed by atoms with Gasteiger partial charge in [0.25, 0.3) is 11.8 Å². The Labute approximate surface area is 183 Å². The Balaban J connectivity index is 1.78. The highest BCUT2D eigenvalue weighted by atomic mass is 16.5. The van der Waals surface area contributed by atoms with Gasteiger partial charge in [-0.3, -0.25) is 9.59 Å². The molecule has 2 aliphatic heterocycles. The van der Waals surface area contributed by atoms with Crippen LogP contribution in [-0.2, 0) is 9.59 Å². The number of hydrogen-bond donors (Lipinski definition) is 0. The molecule has 0 aromatic heterocycles. The van der Waals surface area contributed by atoms with Crippen molar-refractivity contribution in [1.82, 2.24) is 9.80 Å². The summed E-state index contributed by atoms with van der Waals surface area (Å²) in [6.45, 7) is 3.96. The van der Waals surface area contributed by atoms with Crippen LogP contribution in [0.25, 0.3) is 5.57 Å². The molecule has 2 aromatic rings. The van der Waals surface area contributed by atoms with Gasteiger partial charge in [0.1, 0.15) is 11.4 Å². The van der Waals surface area contributed by atoms with E-state index in [-0.39, 0.29) is 17.9 Å². The topological polar surface area (TPSA) is 53.1 Å². The average molecular weight is 420 g/mol. The molecule has 2 amide bonds. The molecule has 0 N–H and O–H groups in total. The highest BCUT2D eigenvalue weighted by molar-refractivity contribution is 6.45. The SMILES string of the molecule is COc1cccc(N2C(=O)C(c3ccc(C)cc3)=C(N(C)C3CCN(C)CC3)C2=O)c1. The van der Waals surface area contributed by atoms with E-state index < -0.39 is 0 Å². The van der Waals surface area contributed by atoms with Crippen LogP contribution in [0.5, 0.6) is 5.75 Å². The lowest BCUT2D eigenvalue weighted by molar-refractivity contribution is -0.120. The van der Waals surface area contributed by atoms with Gasteiger partial charge in [-0.2, -0.15) is 0 Å². The monoisotopic (exact) mass is 419 g/mol. The van der Waals surface area contributed by atoms with E-state index in [9.17, 15) is 9.59 Å². The molecule has 162 valence electrons. The van der Waals surface area contributed by atoms with Crippen LogP contribution in [0.15, 0.2) is 54.2 Å². The summed E-state index contributed by atoms with van der Waals surface area (Å²) in [6.07, 6.45) is 1.91. The minimum Gasteiger partial charge on any atom is -0.497 e. The van der Waals surface area contributed by atoms with E-state index >= 15 is 0 Å². The molecule has 4 rings (SSSR count). The van der Waals surface area contributed by atoms with E-state index in [0.29, 0.717) is 22.7 Å². The minimum absolute atomic E-state index is 0.216. The predicted molar refractivity (Wildman–Crippen MR) is 122 cm³/mol. The van der Waals surface area contributed by atoms with Crippen molar-refractivity contribution in [2.75, 3.05) is 39.2 Å². The number of carbonyl (C=O) groups is 2. The summed E-state index contributed by atoms with van der Waals surface area (Å²) < 4.78 is 5.31. The van der Waals surface area contributed by atoms with E-state index in [2.05, 4.69) is 11.9 Å². The van der Waals surface area contributed by atoms with E-state index in [0.717, 1.165) is 37.1 Å². The molecule has 6 heteroatoms. The predicted octanol–water partition coefficient (Wildman–Crippen LogP) is 3.31. The van der Waals surface area contributed by atoms with Crippen molar-refractivity contribution in [1.29, 1.82) is 0 Å². The zero-order valence-corrected chi connectivity index (χ0v) is 18.6. The van der Waals surface area contributed by atoms with Crippen LogP contribution in [0, 0.1) is 6.92 Å². The van der Waals surface area contributed by atoms with Crippen molar-refractivity contribution in [3.05, 3.63) is 65.4 Å². The third-order valence-electron chi connectivity index (χ3n) is 6.30.